The monoisotopic (exact) mass is 424 g/mol. The number of nitrogens with one attached hydrogen (secondary N) is 1. The number of rotatable bonds is 3. The van der Waals surface area contributed by atoms with E-state index in [0.717, 1.165) is 0 Å². The topological polar surface area (TPSA) is 68.3 Å². The maximum Gasteiger partial charge on any atom is 0.291 e. The Morgan fingerprint density at radius 2 is 1.88 bits per heavy atom. The molecule has 0 saturated heterocycles. The summed E-state index contributed by atoms with van der Waals surface area (Å²) in [4.78, 5) is 12.3. The van der Waals surface area contributed by atoms with E-state index in [1.54, 1.807) is 48.5 Å². The molecule has 0 saturated carbocycles. The Balaban J connectivity index is 1.83. The predicted octanol–water partition coefficient (Wildman–Crippen LogP) is 5.85. The fourth-order valence-corrected chi connectivity index (χ4v) is 3.11. The number of nitrogen functional groups attached to an aromatic ring is 1. The summed E-state index contributed by atoms with van der Waals surface area (Å²) >= 11 is 15.4. The Morgan fingerprint density at radius 3 is 2.58 bits per heavy atom. The largest absolute Gasteiger partial charge is 0.451 e. The van der Waals surface area contributed by atoms with E-state index in [1.165, 1.54) is 0 Å². The van der Waals surface area contributed by atoms with Crippen LogP contribution < -0.4 is 11.1 Å². The molecule has 0 unspecified atom stereocenters. The third kappa shape index (κ3) is 3.59. The molecule has 0 aliphatic carbocycles. The second kappa shape index (κ2) is 6.89. The van der Waals surface area contributed by atoms with Crippen LogP contribution in [0.4, 0.5) is 11.4 Å². The van der Waals surface area contributed by atoms with Gasteiger partial charge in [-0.3, -0.25) is 4.79 Å². The van der Waals surface area contributed by atoms with Crippen molar-refractivity contribution in [1.82, 2.24) is 0 Å². The van der Waals surface area contributed by atoms with E-state index in [1.807, 2.05) is 0 Å². The van der Waals surface area contributed by atoms with Crippen LogP contribution in [-0.4, -0.2) is 5.91 Å². The molecule has 3 rings (SSSR count). The van der Waals surface area contributed by atoms with E-state index in [2.05, 4.69) is 21.2 Å². The molecular weight excluding hydrogens is 415 g/mol. The number of benzene rings is 2. The first-order valence-electron chi connectivity index (χ1n) is 6.85. The van der Waals surface area contributed by atoms with Crippen molar-refractivity contribution in [3.8, 4) is 11.3 Å². The van der Waals surface area contributed by atoms with Crippen LogP contribution >= 0.6 is 39.1 Å². The van der Waals surface area contributed by atoms with Gasteiger partial charge in [0.2, 0.25) is 0 Å². The lowest BCUT2D eigenvalue weighted by Gasteiger charge is -2.06. The van der Waals surface area contributed by atoms with Crippen LogP contribution in [0.5, 0.6) is 0 Å². The fourth-order valence-electron chi connectivity index (χ4n) is 2.11. The summed E-state index contributed by atoms with van der Waals surface area (Å²) in [7, 11) is 0. The summed E-state index contributed by atoms with van der Waals surface area (Å²) in [6, 6.07) is 13.4. The van der Waals surface area contributed by atoms with Crippen molar-refractivity contribution in [2.24, 2.45) is 0 Å². The maximum absolute atomic E-state index is 12.3. The Morgan fingerprint density at radius 1 is 1.08 bits per heavy atom. The first kappa shape index (κ1) is 16.9. The van der Waals surface area contributed by atoms with Gasteiger partial charge < -0.3 is 15.5 Å². The second-order valence-corrected chi connectivity index (χ2v) is 6.68. The lowest BCUT2D eigenvalue weighted by atomic mass is 10.2. The van der Waals surface area contributed by atoms with Crippen LogP contribution in [0.15, 0.2) is 57.4 Å². The third-order valence-corrected chi connectivity index (χ3v) is 4.47. The van der Waals surface area contributed by atoms with Crippen molar-refractivity contribution < 1.29 is 9.21 Å². The van der Waals surface area contributed by atoms with Crippen molar-refractivity contribution in [2.75, 3.05) is 11.1 Å². The molecule has 0 aliphatic rings. The summed E-state index contributed by atoms with van der Waals surface area (Å²) in [5.74, 6) is 0.273. The zero-order chi connectivity index (χ0) is 17.3. The van der Waals surface area contributed by atoms with Gasteiger partial charge in [0.05, 0.1) is 10.7 Å². The first-order chi connectivity index (χ1) is 11.4. The van der Waals surface area contributed by atoms with Gasteiger partial charge in [0.1, 0.15) is 5.76 Å². The van der Waals surface area contributed by atoms with Gasteiger partial charge in [0, 0.05) is 20.7 Å². The SMILES string of the molecule is Nc1ccc(NC(=O)c2ccc(-c3ccc(Cl)cc3Cl)o2)c(Br)c1. The van der Waals surface area contributed by atoms with Gasteiger partial charge in [-0.1, -0.05) is 23.2 Å². The predicted molar refractivity (Wildman–Crippen MR) is 101 cm³/mol. The zero-order valence-electron chi connectivity index (χ0n) is 12.1. The zero-order valence-corrected chi connectivity index (χ0v) is 15.2. The van der Waals surface area contributed by atoms with Crippen LogP contribution in [0.2, 0.25) is 10.0 Å². The minimum absolute atomic E-state index is 0.166. The number of hydrogen-bond donors (Lipinski definition) is 2. The normalized spacial score (nSPS) is 10.6. The highest BCUT2D eigenvalue weighted by atomic mass is 79.9. The third-order valence-electron chi connectivity index (χ3n) is 3.27. The molecule has 0 aliphatic heterocycles. The van der Waals surface area contributed by atoms with E-state index < -0.39 is 0 Å². The second-order valence-electron chi connectivity index (χ2n) is 4.98. The van der Waals surface area contributed by atoms with Gasteiger partial charge in [0.15, 0.2) is 5.76 Å². The highest BCUT2D eigenvalue weighted by Gasteiger charge is 2.15. The lowest BCUT2D eigenvalue weighted by Crippen LogP contribution is -2.11. The number of furan rings is 1. The van der Waals surface area contributed by atoms with Gasteiger partial charge in [-0.15, -0.1) is 0 Å². The van der Waals surface area contributed by atoms with Crippen molar-refractivity contribution >= 4 is 56.4 Å². The van der Waals surface area contributed by atoms with E-state index in [-0.39, 0.29) is 11.7 Å². The van der Waals surface area contributed by atoms with E-state index in [4.69, 9.17) is 33.4 Å². The molecule has 0 spiro atoms. The van der Waals surface area contributed by atoms with Gasteiger partial charge in [0.25, 0.3) is 5.91 Å². The highest BCUT2D eigenvalue weighted by molar-refractivity contribution is 9.10. The average molecular weight is 426 g/mol. The van der Waals surface area contributed by atoms with Crippen LogP contribution in [0, 0.1) is 0 Å². The van der Waals surface area contributed by atoms with E-state index >= 15 is 0 Å². The number of halogens is 3. The number of amides is 1. The molecule has 4 nitrogen and oxygen atoms in total. The van der Waals surface area contributed by atoms with Crippen LogP contribution in [-0.2, 0) is 0 Å². The summed E-state index contributed by atoms with van der Waals surface area (Å²) in [5.41, 5.74) is 7.53. The standard InChI is InChI=1S/C17H11BrCl2N2O2/c18-12-8-10(21)2-4-14(12)22-17(23)16-6-5-15(24-16)11-3-1-9(19)7-13(11)20/h1-8H,21H2,(H,22,23). The average Bonchev–Trinajstić information content (AvgIpc) is 3.00. The van der Waals surface area contributed by atoms with Crippen molar-refractivity contribution in [2.45, 2.75) is 0 Å². The van der Waals surface area contributed by atoms with Gasteiger partial charge >= 0.3 is 0 Å². The quantitative estimate of drug-likeness (QED) is 0.517. The number of carbonyl (C=O) groups excluding carboxylic acids is 1. The van der Waals surface area contributed by atoms with Gasteiger partial charge in [-0.05, 0) is 64.5 Å². The molecule has 122 valence electrons. The van der Waals surface area contributed by atoms with Gasteiger partial charge in [-0.25, -0.2) is 0 Å². The fraction of sp³-hybridized carbons (Fsp3) is 0. The molecule has 1 heterocycles. The molecule has 3 N–H and O–H groups in total. The van der Waals surface area contributed by atoms with Crippen molar-refractivity contribution in [1.29, 1.82) is 0 Å². The number of carbonyl (C=O) groups is 1. The number of anilines is 2. The van der Waals surface area contributed by atoms with Crippen LogP contribution in [0.25, 0.3) is 11.3 Å². The summed E-state index contributed by atoms with van der Waals surface area (Å²) in [6.07, 6.45) is 0. The molecule has 0 radical (unpaired) electrons. The molecule has 1 aromatic heterocycles. The molecule has 24 heavy (non-hydrogen) atoms. The molecule has 0 atom stereocenters. The molecule has 7 heteroatoms. The minimum Gasteiger partial charge on any atom is -0.451 e. The van der Waals surface area contributed by atoms with Crippen molar-refractivity contribution in [3.63, 3.8) is 0 Å². The van der Waals surface area contributed by atoms with Gasteiger partial charge in [-0.2, -0.15) is 0 Å². The first-order valence-corrected chi connectivity index (χ1v) is 8.40. The Hall–Kier alpha value is -1.95. The molecular formula is C17H11BrCl2N2O2. The lowest BCUT2D eigenvalue weighted by molar-refractivity contribution is 0.0997. The molecule has 0 bridgehead atoms. The summed E-state index contributed by atoms with van der Waals surface area (Å²) in [5, 5.41) is 3.73. The summed E-state index contributed by atoms with van der Waals surface area (Å²) < 4.78 is 6.29. The summed E-state index contributed by atoms with van der Waals surface area (Å²) in [6.45, 7) is 0. The molecule has 2 aromatic carbocycles. The Bertz CT molecular complexity index is 925. The number of hydrogen-bond acceptors (Lipinski definition) is 3. The Kier molecular flexibility index (Phi) is 4.85. The maximum atomic E-state index is 12.3. The van der Waals surface area contributed by atoms with E-state index in [9.17, 15) is 4.79 Å². The molecule has 3 aromatic rings. The Labute approximate surface area is 156 Å². The molecule has 1 amide bonds. The minimum atomic E-state index is -0.378. The van der Waals surface area contributed by atoms with Crippen LogP contribution in [0.1, 0.15) is 10.6 Å². The molecule has 0 fully saturated rings. The smallest absolute Gasteiger partial charge is 0.291 e. The highest BCUT2D eigenvalue weighted by Crippen LogP contribution is 2.32. The van der Waals surface area contributed by atoms with E-state index in [0.29, 0.717) is 37.2 Å². The number of nitrogens with two attached hydrogens (primary N) is 1. The van der Waals surface area contributed by atoms with Crippen LogP contribution in [0.3, 0.4) is 0 Å². The van der Waals surface area contributed by atoms with Crippen molar-refractivity contribution in [3.05, 3.63) is 68.8 Å².